The number of hydrogen-bond donors (Lipinski definition) is 3. The minimum Gasteiger partial charge on any atom is -0.494 e. The molecule has 8 rings (SSSR count). The van der Waals surface area contributed by atoms with E-state index in [1.807, 2.05) is 37.5 Å². The third-order valence-electron chi connectivity index (χ3n) is 10.2. The lowest BCUT2D eigenvalue weighted by Gasteiger charge is -2.29. The van der Waals surface area contributed by atoms with E-state index in [9.17, 15) is 9.59 Å². The minimum atomic E-state index is -0.719. The maximum absolute atomic E-state index is 14.0. The Balaban J connectivity index is 1.27. The van der Waals surface area contributed by atoms with Crippen molar-refractivity contribution >= 4 is 39.4 Å². The first-order chi connectivity index (χ1) is 21.8. The SMILES string of the molecule is COc1cc(C(=O)[C@]23CC[C@H](CN2)[C@H]3N)cc2nc(-c3cc4cccc(-c5ccc(NC(C)=O)nc5)c4n3CC3CC3)n(C)c12. The average Bonchev–Trinajstić information content (AvgIpc) is 3.46. The zero-order valence-corrected chi connectivity index (χ0v) is 25.8. The lowest BCUT2D eigenvalue weighted by molar-refractivity contribution is -0.114. The maximum Gasteiger partial charge on any atom is 0.222 e. The number of imidazole rings is 1. The van der Waals surface area contributed by atoms with Gasteiger partial charge in [-0.05, 0) is 67.9 Å². The Morgan fingerprint density at radius 1 is 1.13 bits per heavy atom. The highest BCUT2D eigenvalue weighted by molar-refractivity contribution is 6.07. The number of nitrogens with two attached hydrogens (primary N) is 1. The number of nitrogens with one attached hydrogen (secondary N) is 2. The Hall–Kier alpha value is -4.54. The van der Waals surface area contributed by atoms with Gasteiger partial charge in [-0.25, -0.2) is 9.97 Å². The fourth-order valence-corrected chi connectivity index (χ4v) is 7.64. The summed E-state index contributed by atoms with van der Waals surface area (Å²) in [6.07, 6.45) is 5.93. The molecule has 0 spiro atoms. The van der Waals surface area contributed by atoms with Gasteiger partial charge in [0.15, 0.2) is 11.6 Å². The number of ether oxygens (including phenoxy) is 1. The molecule has 3 fully saturated rings. The molecule has 2 aliphatic carbocycles. The van der Waals surface area contributed by atoms with E-state index in [1.54, 1.807) is 7.11 Å². The second kappa shape index (κ2) is 10.3. The fourth-order valence-electron chi connectivity index (χ4n) is 7.64. The molecule has 10 nitrogen and oxygen atoms in total. The van der Waals surface area contributed by atoms with Gasteiger partial charge in [0.25, 0.3) is 0 Å². The van der Waals surface area contributed by atoms with Gasteiger partial charge in [0.1, 0.15) is 17.1 Å². The number of hydrogen-bond acceptors (Lipinski definition) is 7. The number of anilines is 1. The standard InChI is InChI=1S/C35H37N7O3/c1-19(43)39-29-10-9-22(16-37-29)25-6-4-5-21-14-27(42(30(21)25)18-20-7-8-20)34-40-26-13-24(15-28(45-3)31(26)41(34)2)33(44)35-12-11-23(17-38-35)32(35)36/h4-6,9-10,13-16,20,23,32,38H,7-8,11-12,17-18,36H2,1-3H3,(H,37,39,43)/t23-,32-,35-/m1/s1. The van der Waals surface area contributed by atoms with Crippen LogP contribution in [0.25, 0.3) is 44.6 Å². The summed E-state index contributed by atoms with van der Waals surface area (Å²) in [5, 5.41) is 7.32. The maximum atomic E-state index is 14.0. The molecule has 1 amide bonds. The molecule has 1 saturated heterocycles. The average molecular weight is 604 g/mol. The van der Waals surface area contributed by atoms with Crippen molar-refractivity contribution < 1.29 is 14.3 Å². The van der Waals surface area contributed by atoms with Crippen molar-refractivity contribution in [3.8, 4) is 28.4 Å². The molecule has 2 saturated carbocycles. The topological polar surface area (TPSA) is 129 Å². The molecule has 4 heterocycles. The quantitative estimate of drug-likeness (QED) is 0.215. The minimum absolute atomic E-state index is 0.0213. The predicted octanol–water partition coefficient (Wildman–Crippen LogP) is 4.90. The Morgan fingerprint density at radius 2 is 1.98 bits per heavy atom. The normalized spacial score (nSPS) is 22.4. The molecule has 5 aromatic rings. The summed E-state index contributed by atoms with van der Waals surface area (Å²) in [4.78, 5) is 35.2. The second-order valence-electron chi connectivity index (χ2n) is 13.0. The number of carbonyl (C=O) groups excluding carboxylic acids is 2. The van der Waals surface area contributed by atoms with Crippen molar-refractivity contribution in [2.75, 3.05) is 19.0 Å². The molecule has 230 valence electrons. The summed E-state index contributed by atoms with van der Waals surface area (Å²) >= 11 is 0. The molecular formula is C35H37N7O3. The molecule has 2 aromatic carbocycles. The molecule has 1 aliphatic heterocycles. The van der Waals surface area contributed by atoms with Gasteiger partial charge in [-0.2, -0.15) is 0 Å². The Kier molecular flexibility index (Phi) is 6.37. The van der Waals surface area contributed by atoms with E-state index in [-0.39, 0.29) is 17.7 Å². The summed E-state index contributed by atoms with van der Waals surface area (Å²) in [6, 6.07) is 15.9. The Labute approximate surface area is 261 Å². The number of fused-ring (bicyclic) bond motifs is 4. The van der Waals surface area contributed by atoms with Gasteiger partial charge in [-0.3, -0.25) is 9.59 Å². The number of para-hydroxylation sites is 1. The molecule has 4 N–H and O–H groups in total. The summed E-state index contributed by atoms with van der Waals surface area (Å²) in [5.41, 5.74) is 12.2. The Bertz CT molecular complexity index is 2000. The molecule has 0 radical (unpaired) electrons. The van der Waals surface area contributed by atoms with Gasteiger partial charge in [0.2, 0.25) is 5.91 Å². The van der Waals surface area contributed by atoms with Crippen LogP contribution in [0.2, 0.25) is 0 Å². The summed E-state index contributed by atoms with van der Waals surface area (Å²) in [6.45, 7) is 3.14. The Morgan fingerprint density at radius 3 is 2.62 bits per heavy atom. The molecule has 45 heavy (non-hydrogen) atoms. The molecule has 10 heteroatoms. The highest BCUT2D eigenvalue weighted by atomic mass is 16.5. The third-order valence-corrected chi connectivity index (χ3v) is 10.2. The van der Waals surface area contributed by atoms with Crippen LogP contribution < -0.4 is 21.1 Å². The van der Waals surface area contributed by atoms with Gasteiger partial charge < -0.3 is 30.2 Å². The number of nitrogens with zero attached hydrogens (tertiary/aromatic N) is 4. The first-order valence-electron chi connectivity index (χ1n) is 15.7. The third kappa shape index (κ3) is 4.38. The van der Waals surface area contributed by atoms with E-state index >= 15 is 0 Å². The number of Topliss-reactive ketones (excluding diaryl/α,β-unsaturated/α-hetero) is 1. The number of aromatic nitrogens is 4. The van der Waals surface area contributed by atoms with Crippen LogP contribution in [-0.4, -0.2) is 56.0 Å². The van der Waals surface area contributed by atoms with Crippen LogP contribution in [0.3, 0.4) is 0 Å². The second-order valence-corrected chi connectivity index (χ2v) is 13.0. The number of piperidine rings is 1. The fraction of sp³-hybridized carbons (Fsp3) is 0.371. The highest BCUT2D eigenvalue weighted by Gasteiger charge is 2.56. The van der Waals surface area contributed by atoms with Gasteiger partial charge in [-0.1, -0.05) is 18.2 Å². The van der Waals surface area contributed by atoms with Gasteiger partial charge in [0.05, 0.1) is 29.4 Å². The number of aryl methyl sites for hydroxylation is 1. The van der Waals surface area contributed by atoms with Crippen LogP contribution in [0.5, 0.6) is 5.75 Å². The summed E-state index contributed by atoms with van der Waals surface area (Å²) in [5.74, 6) is 2.77. The molecule has 0 unspecified atom stereocenters. The van der Waals surface area contributed by atoms with Gasteiger partial charge >= 0.3 is 0 Å². The van der Waals surface area contributed by atoms with E-state index in [4.69, 9.17) is 15.5 Å². The van der Waals surface area contributed by atoms with E-state index in [0.29, 0.717) is 34.5 Å². The lowest BCUT2D eigenvalue weighted by atomic mass is 9.85. The number of ketones is 1. The largest absolute Gasteiger partial charge is 0.494 e. The van der Waals surface area contributed by atoms with Crippen molar-refractivity contribution in [2.24, 2.45) is 24.6 Å². The van der Waals surface area contributed by atoms with E-state index in [1.165, 1.54) is 19.8 Å². The number of pyridine rings is 1. The zero-order chi connectivity index (χ0) is 31.0. The van der Waals surface area contributed by atoms with Crippen molar-refractivity contribution in [1.82, 2.24) is 24.4 Å². The van der Waals surface area contributed by atoms with Crippen LogP contribution in [0, 0.1) is 11.8 Å². The van der Waals surface area contributed by atoms with Crippen LogP contribution in [0.4, 0.5) is 5.82 Å². The number of carbonyl (C=O) groups is 2. The molecule has 3 aromatic heterocycles. The van der Waals surface area contributed by atoms with Crippen molar-refractivity contribution in [1.29, 1.82) is 0 Å². The molecular weight excluding hydrogens is 566 g/mol. The highest BCUT2D eigenvalue weighted by Crippen LogP contribution is 2.43. The molecule has 3 aliphatic rings. The molecule has 2 bridgehead atoms. The first kappa shape index (κ1) is 28.0. The van der Waals surface area contributed by atoms with Crippen molar-refractivity contribution in [3.05, 3.63) is 60.3 Å². The first-order valence-corrected chi connectivity index (χ1v) is 15.7. The summed E-state index contributed by atoms with van der Waals surface area (Å²) < 4.78 is 10.4. The van der Waals surface area contributed by atoms with Crippen LogP contribution >= 0.6 is 0 Å². The zero-order valence-electron chi connectivity index (χ0n) is 25.8. The number of methoxy groups -OCH3 is 1. The van der Waals surface area contributed by atoms with Crippen molar-refractivity contribution in [3.63, 3.8) is 0 Å². The van der Waals surface area contributed by atoms with Crippen LogP contribution in [-0.2, 0) is 18.4 Å². The number of rotatable bonds is 8. The van der Waals surface area contributed by atoms with Crippen LogP contribution in [0.1, 0.15) is 43.0 Å². The smallest absolute Gasteiger partial charge is 0.222 e. The van der Waals surface area contributed by atoms with E-state index in [2.05, 4.69) is 49.0 Å². The lowest BCUT2D eigenvalue weighted by Crippen LogP contribution is -2.56. The number of amides is 1. The van der Waals surface area contributed by atoms with Crippen molar-refractivity contribution in [2.45, 2.75) is 50.7 Å². The predicted molar refractivity (Wildman–Crippen MR) is 174 cm³/mol. The van der Waals surface area contributed by atoms with Crippen LogP contribution in [0.15, 0.2) is 54.7 Å². The number of benzene rings is 2. The van der Waals surface area contributed by atoms with Gasteiger partial charge in [-0.15, -0.1) is 0 Å². The van der Waals surface area contributed by atoms with E-state index < -0.39 is 5.54 Å². The molecule has 3 atom stereocenters. The summed E-state index contributed by atoms with van der Waals surface area (Å²) in [7, 11) is 3.65. The monoisotopic (exact) mass is 603 g/mol. The van der Waals surface area contributed by atoms with Gasteiger partial charge in [0, 0.05) is 61.4 Å². The van der Waals surface area contributed by atoms with E-state index in [0.717, 1.165) is 65.0 Å².